The molecule has 9 heteroatoms. The summed E-state index contributed by atoms with van der Waals surface area (Å²) in [4.78, 5) is 36.5. The van der Waals surface area contributed by atoms with Gasteiger partial charge in [0.1, 0.15) is 0 Å². The van der Waals surface area contributed by atoms with E-state index in [-0.39, 0.29) is 23.7 Å². The fourth-order valence-corrected chi connectivity index (χ4v) is 6.27. The molecule has 7 nitrogen and oxygen atoms in total. The number of nitrogens with zero attached hydrogens (tertiary/aromatic N) is 3. The number of carbonyl (C=O) groups is 2. The molecule has 1 atom stereocenters. The minimum atomic E-state index is -0.542. The minimum Gasteiger partial charge on any atom is -0.469 e. The van der Waals surface area contributed by atoms with Crippen molar-refractivity contribution in [3.63, 3.8) is 0 Å². The molecule has 3 aromatic rings. The number of hydrogen-bond acceptors (Lipinski definition) is 6. The van der Waals surface area contributed by atoms with E-state index in [0.29, 0.717) is 15.6 Å². The number of nitrogens with one attached hydrogen (secondary N) is 1. The molecule has 2 fully saturated rings. The van der Waals surface area contributed by atoms with Crippen molar-refractivity contribution in [2.24, 2.45) is 11.3 Å². The molecule has 1 aromatic carbocycles. The van der Waals surface area contributed by atoms with Crippen LogP contribution in [0.25, 0.3) is 11.0 Å². The van der Waals surface area contributed by atoms with Gasteiger partial charge in [0, 0.05) is 52.9 Å². The number of amides is 1. The zero-order chi connectivity index (χ0) is 26.2. The van der Waals surface area contributed by atoms with Crippen LogP contribution in [0.3, 0.4) is 0 Å². The summed E-state index contributed by atoms with van der Waals surface area (Å²) in [5, 5.41) is 5.02. The third-order valence-electron chi connectivity index (χ3n) is 7.63. The first-order valence-electron chi connectivity index (χ1n) is 12.5. The van der Waals surface area contributed by atoms with E-state index in [1.807, 2.05) is 19.1 Å². The molecule has 1 aliphatic heterocycles. The first-order valence-corrected chi connectivity index (χ1v) is 13.3. The zero-order valence-corrected chi connectivity index (χ0v) is 22.5. The Labute approximate surface area is 226 Å². The van der Waals surface area contributed by atoms with Crippen molar-refractivity contribution >= 4 is 46.1 Å². The molecule has 0 bridgehead atoms. The highest BCUT2D eigenvalue weighted by atomic mass is 35.5. The van der Waals surface area contributed by atoms with Crippen LogP contribution in [0.1, 0.15) is 42.1 Å². The molecule has 194 valence electrons. The molecule has 1 unspecified atom stereocenters. The average molecular weight is 541 g/mol. The summed E-state index contributed by atoms with van der Waals surface area (Å²) in [6.07, 6.45) is 4.45. The molecule has 37 heavy (non-hydrogen) atoms. The third-order valence-corrected chi connectivity index (χ3v) is 8.07. The number of aromatic nitrogens is 2. The number of pyridine rings is 2. The van der Waals surface area contributed by atoms with E-state index in [1.165, 1.54) is 12.7 Å². The molecular weight excluding hydrogens is 511 g/mol. The van der Waals surface area contributed by atoms with Crippen LogP contribution < -0.4 is 5.32 Å². The fourth-order valence-electron chi connectivity index (χ4n) is 5.73. The lowest BCUT2D eigenvalue weighted by molar-refractivity contribution is -0.146. The first kappa shape index (κ1) is 25.9. The van der Waals surface area contributed by atoms with Crippen molar-refractivity contribution in [3.05, 3.63) is 69.5 Å². The Morgan fingerprint density at radius 1 is 1.19 bits per heavy atom. The van der Waals surface area contributed by atoms with Crippen molar-refractivity contribution in [2.45, 2.75) is 38.6 Å². The molecule has 2 aliphatic rings. The van der Waals surface area contributed by atoms with Crippen molar-refractivity contribution < 1.29 is 14.3 Å². The van der Waals surface area contributed by atoms with E-state index in [0.717, 1.165) is 55.6 Å². The molecule has 1 saturated carbocycles. The van der Waals surface area contributed by atoms with Gasteiger partial charge in [-0.3, -0.25) is 9.59 Å². The van der Waals surface area contributed by atoms with Crippen molar-refractivity contribution in [2.75, 3.05) is 26.7 Å². The van der Waals surface area contributed by atoms with Gasteiger partial charge in [0.15, 0.2) is 5.65 Å². The van der Waals surface area contributed by atoms with Crippen LogP contribution in [-0.4, -0.2) is 53.5 Å². The standard InChI is InChI=1S/C28H30Cl2N4O3/c1-17-18(8-19-4-3-6-31-26(19)32-17)5-7-34-15-28(16-34)13-21(14-28)27(36)33-24(12-25(35)37-2)20-9-22(29)11-23(30)10-20/h3-4,6,8-11,21,24H,5,7,12-16H2,1-2H3,(H,33,36). The summed E-state index contributed by atoms with van der Waals surface area (Å²) in [7, 11) is 1.33. The van der Waals surface area contributed by atoms with Crippen LogP contribution in [0, 0.1) is 18.3 Å². The Balaban J connectivity index is 1.13. The first-order chi connectivity index (χ1) is 17.7. The van der Waals surface area contributed by atoms with E-state index in [1.54, 1.807) is 24.4 Å². The van der Waals surface area contributed by atoms with E-state index >= 15 is 0 Å². The number of methoxy groups -OCH3 is 1. The topological polar surface area (TPSA) is 84.4 Å². The number of benzene rings is 1. The Bertz CT molecular complexity index is 1310. The Morgan fingerprint density at radius 2 is 1.92 bits per heavy atom. The molecule has 1 saturated heterocycles. The molecule has 3 heterocycles. The highest BCUT2D eigenvalue weighted by molar-refractivity contribution is 6.34. The van der Waals surface area contributed by atoms with Crippen LogP contribution in [0.2, 0.25) is 10.0 Å². The van der Waals surface area contributed by atoms with Gasteiger partial charge in [-0.05, 0) is 79.1 Å². The number of ether oxygens (including phenoxy) is 1. The number of aryl methyl sites for hydroxylation is 1. The average Bonchev–Trinajstić information content (AvgIpc) is 2.81. The van der Waals surface area contributed by atoms with Crippen molar-refractivity contribution in [1.29, 1.82) is 0 Å². The lowest BCUT2D eigenvalue weighted by atomic mass is 9.57. The third kappa shape index (κ3) is 5.74. The Morgan fingerprint density at radius 3 is 2.62 bits per heavy atom. The van der Waals surface area contributed by atoms with Gasteiger partial charge in [0.05, 0.1) is 19.6 Å². The van der Waals surface area contributed by atoms with Crippen LogP contribution in [-0.2, 0) is 20.7 Å². The molecule has 1 N–H and O–H groups in total. The van der Waals surface area contributed by atoms with Gasteiger partial charge in [-0.15, -0.1) is 0 Å². The van der Waals surface area contributed by atoms with Gasteiger partial charge in [-0.25, -0.2) is 9.97 Å². The minimum absolute atomic E-state index is 0.0175. The maximum Gasteiger partial charge on any atom is 0.307 e. The van der Waals surface area contributed by atoms with Gasteiger partial charge in [0.25, 0.3) is 0 Å². The zero-order valence-electron chi connectivity index (χ0n) is 21.0. The predicted octanol–water partition coefficient (Wildman–Crippen LogP) is 4.92. The quantitative estimate of drug-likeness (QED) is 0.408. The van der Waals surface area contributed by atoms with Gasteiger partial charge >= 0.3 is 5.97 Å². The summed E-state index contributed by atoms with van der Waals surface area (Å²) < 4.78 is 4.83. The molecule has 0 radical (unpaired) electrons. The number of likely N-dealkylation sites (tertiary alicyclic amines) is 1. The SMILES string of the molecule is COC(=O)CC(NC(=O)C1CC2(C1)CN(CCc1cc3cccnc3nc1C)C2)c1cc(Cl)cc(Cl)c1. The highest BCUT2D eigenvalue weighted by Crippen LogP contribution is 2.52. The molecule has 2 aromatic heterocycles. The number of fused-ring (bicyclic) bond motifs is 1. The van der Waals surface area contributed by atoms with Crippen molar-refractivity contribution in [3.8, 4) is 0 Å². The summed E-state index contributed by atoms with van der Waals surface area (Å²) in [5.41, 5.74) is 3.99. The molecule has 5 rings (SSSR count). The molecule has 1 amide bonds. The van der Waals surface area contributed by atoms with Crippen LogP contribution in [0.5, 0.6) is 0 Å². The number of esters is 1. The second-order valence-corrected chi connectivity index (χ2v) is 11.3. The second-order valence-electron chi connectivity index (χ2n) is 10.4. The molecule has 1 aliphatic carbocycles. The monoisotopic (exact) mass is 540 g/mol. The van der Waals surface area contributed by atoms with E-state index in [4.69, 9.17) is 27.9 Å². The van der Waals surface area contributed by atoms with Gasteiger partial charge in [0.2, 0.25) is 5.91 Å². The maximum absolute atomic E-state index is 13.1. The summed E-state index contributed by atoms with van der Waals surface area (Å²) in [6.45, 7) is 5.03. The van der Waals surface area contributed by atoms with Gasteiger partial charge in [-0.2, -0.15) is 0 Å². The predicted molar refractivity (Wildman–Crippen MR) is 144 cm³/mol. The molecule has 1 spiro atoms. The smallest absolute Gasteiger partial charge is 0.307 e. The highest BCUT2D eigenvalue weighted by Gasteiger charge is 2.54. The number of halogens is 2. The number of hydrogen-bond donors (Lipinski definition) is 1. The summed E-state index contributed by atoms with van der Waals surface area (Å²) in [5.74, 6) is -0.508. The second kappa shape index (κ2) is 10.6. The Hall–Kier alpha value is -2.74. The lowest BCUT2D eigenvalue weighted by Gasteiger charge is -2.59. The van der Waals surface area contributed by atoms with Crippen LogP contribution >= 0.6 is 23.2 Å². The molecular formula is C28H30Cl2N4O3. The fraction of sp³-hybridized carbons (Fsp3) is 0.429. The van der Waals surface area contributed by atoms with E-state index < -0.39 is 12.0 Å². The van der Waals surface area contributed by atoms with Crippen LogP contribution in [0.15, 0.2) is 42.6 Å². The normalized spacial score (nSPS) is 17.7. The van der Waals surface area contributed by atoms with E-state index in [9.17, 15) is 9.59 Å². The number of carbonyl (C=O) groups excluding carboxylic acids is 2. The van der Waals surface area contributed by atoms with Gasteiger partial charge < -0.3 is 15.0 Å². The van der Waals surface area contributed by atoms with Crippen molar-refractivity contribution in [1.82, 2.24) is 20.2 Å². The van der Waals surface area contributed by atoms with Crippen LogP contribution in [0.4, 0.5) is 0 Å². The lowest BCUT2D eigenvalue weighted by Crippen LogP contribution is -2.64. The van der Waals surface area contributed by atoms with Gasteiger partial charge in [-0.1, -0.05) is 23.2 Å². The summed E-state index contributed by atoms with van der Waals surface area (Å²) >= 11 is 12.3. The number of rotatable bonds is 8. The van der Waals surface area contributed by atoms with E-state index in [2.05, 4.69) is 26.3 Å². The Kier molecular flexibility index (Phi) is 7.39. The summed E-state index contributed by atoms with van der Waals surface area (Å²) in [6, 6.07) is 10.7. The largest absolute Gasteiger partial charge is 0.469 e. The maximum atomic E-state index is 13.1.